The molecule has 0 saturated carbocycles. The minimum absolute atomic E-state index is 0.685. The van der Waals surface area contributed by atoms with Crippen LogP contribution in [0.2, 0.25) is 0 Å². The predicted octanol–water partition coefficient (Wildman–Crippen LogP) is 4.19. The Bertz CT molecular complexity index is 326. The molecule has 0 N–H and O–H groups in total. The molecular weight excluding hydrogens is 194 g/mol. The monoisotopic (exact) mass is 217 g/mol. The van der Waals surface area contributed by atoms with Crippen LogP contribution >= 0.6 is 0 Å². The maximum Gasteiger partial charge on any atom is 0.0369 e. The molecule has 0 aromatic heterocycles. The largest absolute Gasteiger partial charge is 0.372 e. The Balaban J connectivity index is 2.14. The van der Waals surface area contributed by atoms with Gasteiger partial charge >= 0.3 is 0 Å². The van der Waals surface area contributed by atoms with Gasteiger partial charge in [-0.2, -0.15) is 0 Å². The summed E-state index contributed by atoms with van der Waals surface area (Å²) in [5, 5.41) is 0. The quantitative estimate of drug-likeness (QED) is 0.733. The third-order valence-corrected chi connectivity index (χ3v) is 3.77. The highest BCUT2D eigenvalue weighted by Crippen LogP contribution is 2.25. The summed E-state index contributed by atoms with van der Waals surface area (Å²) in [6, 6.07) is 9.13. The first-order chi connectivity index (χ1) is 7.81. The Labute approximate surface area is 99.5 Å². The molecule has 1 aliphatic heterocycles. The van der Waals surface area contributed by atoms with E-state index in [9.17, 15) is 0 Å². The van der Waals surface area contributed by atoms with Crippen molar-refractivity contribution in [1.29, 1.82) is 0 Å². The average molecular weight is 217 g/mol. The van der Waals surface area contributed by atoms with E-state index < -0.39 is 0 Å². The van der Waals surface area contributed by atoms with Crippen molar-refractivity contribution in [3.63, 3.8) is 0 Å². The SMILES string of the molecule is CCC(C)c1cccc(N2CCCCC2)c1. The summed E-state index contributed by atoms with van der Waals surface area (Å²) >= 11 is 0. The molecule has 0 amide bonds. The van der Waals surface area contributed by atoms with Crippen LogP contribution in [0.25, 0.3) is 0 Å². The maximum absolute atomic E-state index is 2.54. The Morgan fingerprint density at radius 1 is 1.19 bits per heavy atom. The summed E-state index contributed by atoms with van der Waals surface area (Å²) < 4.78 is 0. The fourth-order valence-electron chi connectivity index (χ4n) is 2.42. The van der Waals surface area contributed by atoms with E-state index in [1.165, 1.54) is 50.0 Å². The van der Waals surface area contributed by atoms with Gasteiger partial charge in [-0.25, -0.2) is 0 Å². The summed E-state index contributed by atoms with van der Waals surface area (Å²) in [4.78, 5) is 2.54. The van der Waals surface area contributed by atoms with E-state index >= 15 is 0 Å². The number of hydrogen-bond donors (Lipinski definition) is 0. The molecular formula is C15H23N. The van der Waals surface area contributed by atoms with Crippen LogP contribution < -0.4 is 4.90 Å². The highest BCUT2D eigenvalue weighted by molar-refractivity contribution is 5.49. The number of hydrogen-bond acceptors (Lipinski definition) is 1. The topological polar surface area (TPSA) is 3.24 Å². The smallest absolute Gasteiger partial charge is 0.0369 e. The van der Waals surface area contributed by atoms with Gasteiger partial charge < -0.3 is 4.90 Å². The second-order valence-corrected chi connectivity index (χ2v) is 4.95. The minimum Gasteiger partial charge on any atom is -0.372 e. The molecule has 1 aromatic rings. The number of benzene rings is 1. The van der Waals surface area contributed by atoms with Crippen LogP contribution in [0.5, 0.6) is 0 Å². The fraction of sp³-hybridized carbons (Fsp3) is 0.600. The molecule has 2 rings (SSSR count). The first-order valence-corrected chi connectivity index (χ1v) is 6.66. The Kier molecular flexibility index (Phi) is 3.87. The number of rotatable bonds is 3. The van der Waals surface area contributed by atoms with Gasteiger partial charge in [0.05, 0.1) is 0 Å². The standard InChI is InChI=1S/C15H23N/c1-3-13(2)14-8-7-9-15(12-14)16-10-5-4-6-11-16/h7-9,12-13H,3-6,10-11H2,1-2H3. The van der Waals surface area contributed by atoms with Crippen molar-refractivity contribution in [1.82, 2.24) is 0 Å². The van der Waals surface area contributed by atoms with Gasteiger partial charge in [-0.05, 0) is 49.3 Å². The molecule has 88 valence electrons. The summed E-state index contributed by atoms with van der Waals surface area (Å²) in [5.74, 6) is 0.685. The van der Waals surface area contributed by atoms with Crippen LogP contribution in [0.4, 0.5) is 5.69 Å². The van der Waals surface area contributed by atoms with Gasteiger partial charge in [0.15, 0.2) is 0 Å². The van der Waals surface area contributed by atoms with Gasteiger partial charge in [-0.15, -0.1) is 0 Å². The molecule has 1 atom stereocenters. The van der Waals surface area contributed by atoms with Crippen LogP contribution in [0, 0.1) is 0 Å². The van der Waals surface area contributed by atoms with E-state index in [0.29, 0.717) is 5.92 Å². The molecule has 1 nitrogen and oxygen atoms in total. The zero-order valence-corrected chi connectivity index (χ0v) is 10.6. The van der Waals surface area contributed by atoms with Gasteiger partial charge in [0, 0.05) is 18.8 Å². The molecule has 1 aliphatic rings. The summed E-state index contributed by atoms with van der Waals surface area (Å²) in [6.07, 6.45) is 5.34. The van der Waals surface area contributed by atoms with Crippen molar-refractivity contribution in [3.8, 4) is 0 Å². The lowest BCUT2D eigenvalue weighted by atomic mass is 9.98. The highest BCUT2D eigenvalue weighted by atomic mass is 15.1. The highest BCUT2D eigenvalue weighted by Gasteiger charge is 2.12. The Morgan fingerprint density at radius 3 is 2.62 bits per heavy atom. The molecule has 0 spiro atoms. The predicted molar refractivity (Wildman–Crippen MR) is 71.2 cm³/mol. The van der Waals surface area contributed by atoms with Crippen molar-refractivity contribution in [3.05, 3.63) is 29.8 Å². The second kappa shape index (κ2) is 5.38. The third kappa shape index (κ3) is 2.58. The van der Waals surface area contributed by atoms with Crippen molar-refractivity contribution >= 4 is 5.69 Å². The van der Waals surface area contributed by atoms with Crippen LogP contribution in [0.3, 0.4) is 0 Å². The molecule has 1 unspecified atom stereocenters. The Hall–Kier alpha value is -0.980. The van der Waals surface area contributed by atoms with E-state index in [4.69, 9.17) is 0 Å². The van der Waals surface area contributed by atoms with E-state index in [0.717, 1.165) is 0 Å². The molecule has 1 saturated heterocycles. The lowest BCUT2D eigenvalue weighted by molar-refractivity contribution is 0.577. The molecule has 0 bridgehead atoms. The van der Waals surface area contributed by atoms with E-state index in [-0.39, 0.29) is 0 Å². The molecule has 1 heterocycles. The molecule has 1 aromatic carbocycles. The molecule has 16 heavy (non-hydrogen) atoms. The molecule has 0 radical (unpaired) electrons. The van der Waals surface area contributed by atoms with Crippen molar-refractivity contribution < 1.29 is 0 Å². The van der Waals surface area contributed by atoms with Crippen LogP contribution in [0.1, 0.15) is 51.0 Å². The Morgan fingerprint density at radius 2 is 1.94 bits per heavy atom. The van der Waals surface area contributed by atoms with E-state index in [2.05, 4.69) is 43.0 Å². The minimum atomic E-state index is 0.685. The fourth-order valence-corrected chi connectivity index (χ4v) is 2.42. The van der Waals surface area contributed by atoms with Gasteiger partial charge in [-0.3, -0.25) is 0 Å². The first-order valence-electron chi connectivity index (χ1n) is 6.66. The molecule has 1 heteroatoms. The lowest BCUT2D eigenvalue weighted by Crippen LogP contribution is -2.29. The maximum atomic E-state index is 2.54. The van der Waals surface area contributed by atoms with E-state index in [1.807, 2.05) is 0 Å². The van der Waals surface area contributed by atoms with Crippen molar-refractivity contribution in [2.45, 2.75) is 45.4 Å². The molecule has 1 fully saturated rings. The summed E-state index contributed by atoms with van der Waals surface area (Å²) in [7, 11) is 0. The van der Waals surface area contributed by atoms with Crippen LogP contribution in [-0.2, 0) is 0 Å². The third-order valence-electron chi connectivity index (χ3n) is 3.77. The summed E-state index contributed by atoms with van der Waals surface area (Å²) in [5.41, 5.74) is 2.92. The second-order valence-electron chi connectivity index (χ2n) is 4.95. The lowest BCUT2D eigenvalue weighted by Gasteiger charge is -2.29. The number of anilines is 1. The number of nitrogens with zero attached hydrogens (tertiary/aromatic N) is 1. The number of piperidine rings is 1. The van der Waals surface area contributed by atoms with Gasteiger partial charge in [0.25, 0.3) is 0 Å². The van der Waals surface area contributed by atoms with Gasteiger partial charge in [0.2, 0.25) is 0 Å². The molecule has 0 aliphatic carbocycles. The van der Waals surface area contributed by atoms with E-state index in [1.54, 1.807) is 0 Å². The zero-order valence-electron chi connectivity index (χ0n) is 10.6. The average Bonchev–Trinajstić information content (AvgIpc) is 2.39. The van der Waals surface area contributed by atoms with Crippen LogP contribution in [0.15, 0.2) is 24.3 Å². The zero-order chi connectivity index (χ0) is 11.4. The van der Waals surface area contributed by atoms with Crippen LogP contribution in [-0.4, -0.2) is 13.1 Å². The van der Waals surface area contributed by atoms with Gasteiger partial charge in [0.1, 0.15) is 0 Å². The first kappa shape index (κ1) is 11.5. The normalized spacial score (nSPS) is 18.5. The van der Waals surface area contributed by atoms with Gasteiger partial charge in [-0.1, -0.05) is 26.0 Å². The van der Waals surface area contributed by atoms with Crippen molar-refractivity contribution in [2.75, 3.05) is 18.0 Å². The summed E-state index contributed by atoms with van der Waals surface area (Å²) in [6.45, 7) is 7.06. The van der Waals surface area contributed by atoms with Crippen molar-refractivity contribution in [2.24, 2.45) is 0 Å².